The van der Waals surface area contributed by atoms with Crippen molar-refractivity contribution in [3.8, 4) is 0 Å². The number of hydrogen-bond acceptors (Lipinski definition) is 3. The number of benzene rings is 1. The van der Waals surface area contributed by atoms with Crippen LogP contribution in [0.25, 0.3) is 6.08 Å². The molecule has 0 fully saturated rings. The molecule has 2 aromatic rings. The number of fused-ring (bicyclic) bond motifs is 1. The van der Waals surface area contributed by atoms with Crippen molar-refractivity contribution >= 4 is 34.2 Å². The minimum absolute atomic E-state index is 0.232. The van der Waals surface area contributed by atoms with E-state index >= 15 is 0 Å². The van der Waals surface area contributed by atoms with E-state index in [1.54, 1.807) is 18.2 Å². The van der Waals surface area contributed by atoms with Gasteiger partial charge in [0.15, 0.2) is 0 Å². The summed E-state index contributed by atoms with van der Waals surface area (Å²) in [6.45, 7) is 6.78. The van der Waals surface area contributed by atoms with Gasteiger partial charge in [0.25, 0.3) is 5.91 Å². The molecule has 1 heterocycles. The molecule has 0 saturated heterocycles. The predicted molar refractivity (Wildman–Crippen MR) is 116 cm³/mol. The Hall–Kier alpha value is -2.47. The maximum atomic E-state index is 13.0. The highest BCUT2D eigenvalue weighted by molar-refractivity contribution is 7.17. The second-order valence-corrected chi connectivity index (χ2v) is 9.33. The van der Waals surface area contributed by atoms with Crippen molar-refractivity contribution < 1.29 is 14.0 Å². The zero-order chi connectivity index (χ0) is 21.2. The second kappa shape index (κ2) is 8.49. The van der Waals surface area contributed by atoms with Crippen LogP contribution in [0, 0.1) is 17.2 Å². The van der Waals surface area contributed by atoms with E-state index in [1.165, 1.54) is 29.5 Å². The third kappa shape index (κ3) is 4.75. The molecule has 1 aromatic carbocycles. The maximum absolute atomic E-state index is 13.0. The normalized spacial score (nSPS) is 16.6. The van der Waals surface area contributed by atoms with Gasteiger partial charge < -0.3 is 11.1 Å². The number of carbonyl (C=O) groups is 2. The molecule has 6 heteroatoms. The van der Waals surface area contributed by atoms with E-state index in [0.717, 1.165) is 36.1 Å². The van der Waals surface area contributed by atoms with Crippen molar-refractivity contribution in [3.05, 3.63) is 57.7 Å². The van der Waals surface area contributed by atoms with E-state index in [0.29, 0.717) is 22.0 Å². The summed E-state index contributed by atoms with van der Waals surface area (Å²) in [5.41, 5.74) is 8.03. The molecule has 29 heavy (non-hydrogen) atoms. The number of hydrogen-bond donors (Lipinski definition) is 2. The summed E-state index contributed by atoms with van der Waals surface area (Å²) in [6, 6.07) is 5.86. The molecule has 154 valence electrons. The maximum Gasteiger partial charge on any atom is 0.251 e. The number of nitrogens with two attached hydrogens (primary N) is 1. The summed E-state index contributed by atoms with van der Waals surface area (Å²) in [7, 11) is 0. The third-order valence-corrected chi connectivity index (χ3v) is 7.23. The van der Waals surface area contributed by atoms with E-state index in [-0.39, 0.29) is 17.1 Å². The quantitative estimate of drug-likeness (QED) is 0.639. The molecule has 0 radical (unpaired) electrons. The number of primary amides is 1. The lowest BCUT2D eigenvalue weighted by Gasteiger charge is -2.36. The van der Waals surface area contributed by atoms with Crippen LogP contribution in [0.3, 0.4) is 0 Å². The van der Waals surface area contributed by atoms with Crippen molar-refractivity contribution in [1.29, 1.82) is 0 Å². The molecule has 1 unspecified atom stereocenters. The van der Waals surface area contributed by atoms with Crippen molar-refractivity contribution in [2.24, 2.45) is 17.1 Å². The highest BCUT2D eigenvalue weighted by Crippen LogP contribution is 2.45. The van der Waals surface area contributed by atoms with E-state index in [2.05, 4.69) is 26.1 Å². The van der Waals surface area contributed by atoms with Gasteiger partial charge in [-0.25, -0.2) is 4.39 Å². The van der Waals surface area contributed by atoms with Crippen LogP contribution in [0.4, 0.5) is 9.39 Å². The fourth-order valence-corrected chi connectivity index (χ4v) is 5.13. The smallest absolute Gasteiger partial charge is 0.251 e. The van der Waals surface area contributed by atoms with E-state index < -0.39 is 5.91 Å². The van der Waals surface area contributed by atoms with E-state index in [1.807, 2.05) is 0 Å². The van der Waals surface area contributed by atoms with E-state index in [9.17, 15) is 14.0 Å². The van der Waals surface area contributed by atoms with Crippen molar-refractivity contribution in [3.63, 3.8) is 0 Å². The lowest BCUT2D eigenvalue weighted by molar-refractivity contribution is -0.111. The minimum atomic E-state index is -0.506. The monoisotopic (exact) mass is 414 g/mol. The van der Waals surface area contributed by atoms with Crippen LogP contribution in [-0.2, 0) is 17.6 Å². The summed E-state index contributed by atoms with van der Waals surface area (Å²) in [4.78, 5) is 25.6. The molecule has 1 aromatic heterocycles. The van der Waals surface area contributed by atoms with Gasteiger partial charge in [-0.2, -0.15) is 0 Å². The minimum Gasteiger partial charge on any atom is -0.365 e. The van der Waals surface area contributed by atoms with Crippen LogP contribution in [0.15, 0.2) is 30.3 Å². The Morgan fingerprint density at radius 2 is 2.00 bits per heavy atom. The van der Waals surface area contributed by atoms with Gasteiger partial charge in [0.05, 0.1) is 5.56 Å². The lowest BCUT2D eigenvalue weighted by atomic mass is 9.69. The molecule has 3 N–H and O–H groups in total. The molecule has 0 bridgehead atoms. The average molecular weight is 415 g/mol. The SMILES string of the molecule is CCC(C)(C)C1CCc2c(sc(NC(=O)C=Cc3ccc(F)cc3)c2C(N)=O)C1. The Morgan fingerprint density at radius 1 is 1.31 bits per heavy atom. The van der Waals surface area contributed by atoms with Crippen LogP contribution in [0.2, 0.25) is 0 Å². The molecule has 1 atom stereocenters. The number of nitrogens with one attached hydrogen (secondary N) is 1. The third-order valence-electron chi connectivity index (χ3n) is 6.06. The average Bonchev–Trinajstić information content (AvgIpc) is 3.04. The topological polar surface area (TPSA) is 72.2 Å². The van der Waals surface area contributed by atoms with Gasteiger partial charge in [0.2, 0.25) is 5.91 Å². The van der Waals surface area contributed by atoms with Crippen molar-refractivity contribution in [1.82, 2.24) is 0 Å². The molecule has 4 nitrogen and oxygen atoms in total. The van der Waals surface area contributed by atoms with Crippen LogP contribution in [0.5, 0.6) is 0 Å². The van der Waals surface area contributed by atoms with Gasteiger partial charge in [-0.3, -0.25) is 9.59 Å². The summed E-state index contributed by atoms with van der Waals surface area (Å²) in [6.07, 6.45) is 6.80. The fraction of sp³-hybridized carbons (Fsp3) is 0.391. The molecule has 0 aliphatic heterocycles. The Labute approximate surface area is 175 Å². The number of halogens is 1. The first-order valence-electron chi connectivity index (χ1n) is 9.90. The first kappa shape index (κ1) is 21.2. The van der Waals surface area contributed by atoms with Crippen molar-refractivity contribution in [2.75, 3.05) is 5.32 Å². The predicted octanol–water partition coefficient (Wildman–Crippen LogP) is 5.18. The molecule has 0 saturated carbocycles. The zero-order valence-corrected chi connectivity index (χ0v) is 17.9. The molecular formula is C23H27FN2O2S. The second-order valence-electron chi connectivity index (χ2n) is 8.23. The number of thiophene rings is 1. The standard InChI is InChI=1S/C23H27FN2O2S/c1-4-23(2,3)15-8-11-17-18(13-15)29-22(20(17)21(25)28)26-19(27)12-7-14-5-9-16(24)10-6-14/h5-7,9-10,12,15H,4,8,11,13H2,1-3H3,(H2,25,28)(H,26,27). The van der Waals surface area contributed by atoms with Gasteiger partial charge in [0, 0.05) is 11.0 Å². The van der Waals surface area contributed by atoms with Gasteiger partial charge in [-0.05, 0) is 59.9 Å². The molecule has 3 rings (SSSR count). The summed E-state index contributed by atoms with van der Waals surface area (Å²) in [5.74, 6) is -0.637. The Kier molecular flexibility index (Phi) is 6.22. The fourth-order valence-electron chi connectivity index (χ4n) is 3.79. The van der Waals surface area contributed by atoms with Gasteiger partial charge in [-0.15, -0.1) is 11.3 Å². The first-order valence-corrected chi connectivity index (χ1v) is 10.7. The highest BCUT2D eigenvalue weighted by Gasteiger charge is 2.34. The molecule has 0 spiro atoms. The highest BCUT2D eigenvalue weighted by atomic mass is 32.1. The summed E-state index contributed by atoms with van der Waals surface area (Å²) in [5, 5.41) is 3.34. The molecule has 1 aliphatic carbocycles. The number of anilines is 1. The lowest BCUT2D eigenvalue weighted by Crippen LogP contribution is -2.29. The van der Waals surface area contributed by atoms with Gasteiger partial charge in [0.1, 0.15) is 10.8 Å². The molecule has 1 aliphatic rings. The van der Waals surface area contributed by atoms with Gasteiger partial charge >= 0.3 is 0 Å². The van der Waals surface area contributed by atoms with Crippen LogP contribution >= 0.6 is 11.3 Å². The van der Waals surface area contributed by atoms with Crippen molar-refractivity contribution in [2.45, 2.75) is 46.5 Å². The summed E-state index contributed by atoms with van der Waals surface area (Å²) >= 11 is 1.46. The van der Waals surface area contributed by atoms with Crippen LogP contribution in [0.1, 0.15) is 60.0 Å². The van der Waals surface area contributed by atoms with Gasteiger partial charge in [-0.1, -0.05) is 39.3 Å². The zero-order valence-electron chi connectivity index (χ0n) is 17.0. The number of amides is 2. The van der Waals surface area contributed by atoms with E-state index in [4.69, 9.17) is 5.73 Å². The molecule has 2 amide bonds. The number of carbonyl (C=O) groups excluding carboxylic acids is 2. The largest absolute Gasteiger partial charge is 0.365 e. The first-order chi connectivity index (χ1) is 13.7. The Morgan fingerprint density at radius 3 is 2.62 bits per heavy atom. The van der Waals surface area contributed by atoms with Crippen LogP contribution in [-0.4, -0.2) is 11.8 Å². The number of rotatable bonds is 6. The summed E-state index contributed by atoms with van der Waals surface area (Å²) < 4.78 is 13.0. The Balaban J connectivity index is 1.80. The molecular weight excluding hydrogens is 387 g/mol. The Bertz CT molecular complexity index is 945. The van der Waals surface area contributed by atoms with Crippen LogP contribution < -0.4 is 11.1 Å².